The van der Waals surface area contributed by atoms with E-state index in [4.69, 9.17) is 13.9 Å². The van der Waals surface area contributed by atoms with Gasteiger partial charge >= 0.3 is 5.97 Å². The molecule has 188 valence electrons. The van der Waals surface area contributed by atoms with E-state index in [1.165, 1.54) is 33.6 Å². The summed E-state index contributed by atoms with van der Waals surface area (Å²) < 4.78 is 16.2. The van der Waals surface area contributed by atoms with E-state index in [1.54, 1.807) is 19.2 Å². The number of carbonyl (C=O) groups is 2. The second-order valence-electron chi connectivity index (χ2n) is 10.4. The van der Waals surface area contributed by atoms with Crippen molar-refractivity contribution in [3.63, 3.8) is 0 Å². The van der Waals surface area contributed by atoms with Crippen LogP contribution in [0.25, 0.3) is 0 Å². The molecule has 1 saturated carbocycles. The monoisotopic (exact) mass is 505 g/mol. The molecule has 0 radical (unpaired) electrons. The number of thiophene rings is 1. The first kappa shape index (κ1) is 23.3. The highest BCUT2D eigenvalue weighted by molar-refractivity contribution is 7.17. The van der Waals surface area contributed by atoms with Gasteiger partial charge in [0.05, 0.1) is 25.5 Å². The Kier molecular flexibility index (Phi) is 5.71. The van der Waals surface area contributed by atoms with Crippen LogP contribution in [-0.4, -0.2) is 25.6 Å². The number of furan rings is 1. The van der Waals surface area contributed by atoms with Gasteiger partial charge in [-0.3, -0.25) is 4.79 Å². The Morgan fingerprint density at radius 3 is 2.86 bits per heavy atom. The van der Waals surface area contributed by atoms with Gasteiger partial charge in [0.25, 0.3) is 5.91 Å². The predicted molar refractivity (Wildman–Crippen MR) is 138 cm³/mol. The Labute approximate surface area is 215 Å². The van der Waals surface area contributed by atoms with E-state index in [0.29, 0.717) is 34.9 Å². The molecule has 0 unspecified atom stereocenters. The second kappa shape index (κ2) is 8.80. The molecule has 3 aromatic rings. The lowest BCUT2D eigenvalue weighted by Crippen LogP contribution is -2.43. The molecule has 1 amide bonds. The second-order valence-corrected chi connectivity index (χ2v) is 11.5. The van der Waals surface area contributed by atoms with Crippen LogP contribution in [-0.2, 0) is 23.0 Å². The van der Waals surface area contributed by atoms with Gasteiger partial charge in [0.1, 0.15) is 10.8 Å². The minimum Gasteiger partial charge on any atom is -0.497 e. The maximum Gasteiger partial charge on any atom is 0.341 e. The van der Waals surface area contributed by atoms with Gasteiger partial charge in [-0.05, 0) is 103 Å². The number of ether oxygens (including phenoxy) is 2. The van der Waals surface area contributed by atoms with Crippen LogP contribution in [0.15, 0.2) is 41.0 Å². The summed E-state index contributed by atoms with van der Waals surface area (Å²) in [6.07, 6.45) is 6.71. The van der Waals surface area contributed by atoms with Crippen LogP contribution in [0.5, 0.6) is 5.75 Å². The van der Waals surface area contributed by atoms with Crippen LogP contribution >= 0.6 is 11.3 Å². The SMILES string of the molecule is CCOC(=O)c1c(NC(=O)c2ccco2)sc2c1[C@]1(C)CC[C@@H]3c4ccc(OC)cc4CC[C@@H]3[C@H]1C2. The summed E-state index contributed by atoms with van der Waals surface area (Å²) >= 11 is 1.53. The van der Waals surface area contributed by atoms with Crippen LogP contribution < -0.4 is 10.1 Å². The molecule has 3 aliphatic rings. The van der Waals surface area contributed by atoms with Gasteiger partial charge in [-0.25, -0.2) is 4.79 Å². The summed E-state index contributed by atoms with van der Waals surface area (Å²) in [4.78, 5) is 27.3. The van der Waals surface area contributed by atoms with Crippen molar-refractivity contribution in [1.29, 1.82) is 0 Å². The molecular formula is C29H31NO5S. The van der Waals surface area contributed by atoms with Crippen molar-refractivity contribution in [2.75, 3.05) is 19.0 Å². The molecule has 1 fully saturated rings. The molecular weight excluding hydrogens is 474 g/mol. The van der Waals surface area contributed by atoms with Gasteiger partial charge in [0, 0.05) is 4.88 Å². The normalized spacial score (nSPS) is 25.8. The van der Waals surface area contributed by atoms with Crippen molar-refractivity contribution in [3.8, 4) is 5.75 Å². The van der Waals surface area contributed by atoms with E-state index in [2.05, 4.69) is 30.4 Å². The third kappa shape index (κ3) is 3.51. The Balaban J connectivity index is 1.36. The molecule has 1 aromatic carbocycles. The number of rotatable bonds is 5. The minimum atomic E-state index is -0.352. The molecule has 7 heteroatoms. The fourth-order valence-corrected chi connectivity index (χ4v) is 8.55. The molecule has 36 heavy (non-hydrogen) atoms. The summed E-state index contributed by atoms with van der Waals surface area (Å²) in [7, 11) is 1.72. The Morgan fingerprint density at radius 1 is 1.25 bits per heavy atom. The van der Waals surface area contributed by atoms with Crippen molar-refractivity contribution < 1.29 is 23.5 Å². The number of nitrogens with one attached hydrogen (secondary N) is 1. The number of hydrogen-bond donors (Lipinski definition) is 1. The third-order valence-corrected chi connectivity index (χ3v) is 9.86. The highest BCUT2D eigenvalue weighted by Crippen LogP contribution is 2.63. The summed E-state index contributed by atoms with van der Waals surface area (Å²) in [6, 6.07) is 9.86. The fraction of sp³-hybridized carbons (Fsp3) is 0.448. The molecule has 3 aliphatic carbocycles. The topological polar surface area (TPSA) is 77.8 Å². The predicted octanol–water partition coefficient (Wildman–Crippen LogP) is 6.35. The first-order valence-corrected chi connectivity index (χ1v) is 13.6. The van der Waals surface area contributed by atoms with Crippen molar-refractivity contribution >= 4 is 28.2 Å². The minimum absolute atomic E-state index is 0.118. The number of hydrogen-bond acceptors (Lipinski definition) is 6. The standard InChI is InChI=1S/C29H31NO5S/c1-4-34-28(32)24-25-23(36-27(24)30-26(31)22-6-5-13-35-22)15-21-20-9-7-16-14-17(33-3)8-10-18(16)19(20)11-12-29(21,25)2/h5-6,8,10,13-14,19-21H,4,7,9,11-12,15H2,1-3H3,(H,30,31)/t19-,20+,21-,29-/m1/s1. The average molecular weight is 506 g/mol. The van der Waals surface area contributed by atoms with E-state index in [1.807, 2.05) is 6.92 Å². The number of fused-ring (bicyclic) bond motifs is 7. The summed E-state index contributed by atoms with van der Waals surface area (Å²) in [5.41, 5.74) is 4.42. The van der Waals surface area contributed by atoms with Gasteiger partial charge in [-0.2, -0.15) is 0 Å². The van der Waals surface area contributed by atoms with Gasteiger partial charge in [0.15, 0.2) is 5.76 Å². The summed E-state index contributed by atoms with van der Waals surface area (Å²) in [5, 5.41) is 3.52. The lowest BCUT2D eigenvalue weighted by Gasteiger charge is -2.49. The zero-order valence-electron chi connectivity index (χ0n) is 20.9. The van der Waals surface area contributed by atoms with E-state index in [0.717, 1.165) is 43.4 Å². The zero-order valence-corrected chi connectivity index (χ0v) is 21.7. The Bertz CT molecular complexity index is 1330. The number of benzene rings is 1. The number of carbonyl (C=O) groups excluding carboxylic acids is 2. The number of anilines is 1. The zero-order chi connectivity index (χ0) is 25.0. The first-order valence-electron chi connectivity index (χ1n) is 12.8. The van der Waals surface area contributed by atoms with Crippen LogP contribution in [0, 0.1) is 11.8 Å². The van der Waals surface area contributed by atoms with Gasteiger partial charge in [0.2, 0.25) is 0 Å². The molecule has 1 N–H and O–H groups in total. The van der Waals surface area contributed by atoms with Crippen LogP contribution in [0.4, 0.5) is 5.00 Å². The summed E-state index contributed by atoms with van der Waals surface area (Å²) in [6.45, 7) is 4.44. The Hall–Kier alpha value is -3.06. The molecule has 4 atom stereocenters. The van der Waals surface area contributed by atoms with Crippen LogP contribution in [0.3, 0.4) is 0 Å². The highest BCUT2D eigenvalue weighted by atomic mass is 32.1. The fourth-order valence-electron chi connectivity index (χ4n) is 7.18. The molecule has 0 aliphatic heterocycles. The van der Waals surface area contributed by atoms with Gasteiger partial charge < -0.3 is 19.2 Å². The van der Waals surface area contributed by atoms with Gasteiger partial charge in [-0.15, -0.1) is 11.3 Å². The van der Waals surface area contributed by atoms with Crippen LogP contribution in [0.2, 0.25) is 0 Å². The smallest absolute Gasteiger partial charge is 0.341 e. The maximum absolute atomic E-state index is 13.3. The number of esters is 1. The van der Waals surface area contributed by atoms with Crippen molar-refractivity contribution in [2.24, 2.45) is 11.8 Å². The number of aryl methyl sites for hydroxylation is 1. The molecule has 6 rings (SSSR count). The molecule has 0 spiro atoms. The van der Waals surface area contributed by atoms with Crippen molar-refractivity contribution in [2.45, 2.75) is 57.3 Å². The molecule has 2 heterocycles. The van der Waals surface area contributed by atoms with E-state index >= 15 is 0 Å². The van der Waals surface area contributed by atoms with Crippen LogP contribution in [0.1, 0.15) is 81.5 Å². The quantitative estimate of drug-likeness (QED) is 0.409. The van der Waals surface area contributed by atoms with Gasteiger partial charge in [-0.1, -0.05) is 13.0 Å². The Morgan fingerprint density at radius 2 is 2.11 bits per heavy atom. The summed E-state index contributed by atoms with van der Waals surface area (Å²) in [5.74, 6) is 2.02. The molecule has 2 aromatic heterocycles. The van der Waals surface area contributed by atoms with Crippen molar-refractivity contribution in [1.82, 2.24) is 0 Å². The average Bonchev–Trinajstić information content (AvgIpc) is 3.59. The number of amides is 1. The van der Waals surface area contributed by atoms with Crippen molar-refractivity contribution in [3.05, 3.63) is 69.5 Å². The highest BCUT2D eigenvalue weighted by Gasteiger charge is 2.55. The number of methoxy groups -OCH3 is 1. The largest absolute Gasteiger partial charge is 0.497 e. The molecule has 0 saturated heterocycles. The maximum atomic E-state index is 13.3. The lowest BCUT2D eigenvalue weighted by atomic mass is 9.54. The molecule has 6 nitrogen and oxygen atoms in total. The lowest BCUT2D eigenvalue weighted by molar-refractivity contribution is 0.0519. The van der Waals surface area contributed by atoms with E-state index in [9.17, 15) is 9.59 Å². The van der Waals surface area contributed by atoms with E-state index in [-0.39, 0.29) is 23.1 Å². The third-order valence-electron chi connectivity index (χ3n) is 8.73. The first-order chi connectivity index (χ1) is 17.4. The molecule has 0 bridgehead atoms. The van der Waals surface area contributed by atoms with E-state index < -0.39 is 0 Å².